The molecule has 2 atom stereocenters. The van der Waals surface area contributed by atoms with Crippen LogP contribution in [0.25, 0.3) is 0 Å². The number of carboxylic acid groups (broad SMARTS) is 1. The zero-order valence-electron chi connectivity index (χ0n) is 12.1. The second-order valence-corrected chi connectivity index (χ2v) is 6.29. The van der Waals surface area contributed by atoms with Gasteiger partial charge in [0, 0.05) is 43.9 Å². The van der Waals surface area contributed by atoms with Crippen LogP contribution in [-0.4, -0.2) is 39.2 Å². The summed E-state index contributed by atoms with van der Waals surface area (Å²) in [6.07, 6.45) is 6.47. The van der Waals surface area contributed by atoms with Crippen LogP contribution in [0.5, 0.6) is 0 Å². The number of fused-ring (bicyclic) bond motifs is 2. The third kappa shape index (κ3) is 3.18. The van der Waals surface area contributed by atoms with Crippen molar-refractivity contribution in [3.63, 3.8) is 0 Å². The summed E-state index contributed by atoms with van der Waals surface area (Å²) in [6.45, 7) is 1.61. The first-order valence-electron chi connectivity index (χ1n) is 7.76. The maximum atomic E-state index is 11.7. The predicted octanol–water partition coefficient (Wildman–Crippen LogP) is 1.57. The number of piperidine rings is 1. The maximum absolute atomic E-state index is 11.7. The van der Waals surface area contributed by atoms with Crippen LogP contribution < -0.4 is 5.56 Å². The second-order valence-electron chi connectivity index (χ2n) is 6.29. The molecule has 2 unspecified atom stereocenters. The predicted molar refractivity (Wildman–Crippen MR) is 79.2 cm³/mol. The van der Waals surface area contributed by atoms with E-state index in [0.717, 1.165) is 25.9 Å². The van der Waals surface area contributed by atoms with Gasteiger partial charge in [-0.3, -0.25) is 14.5 Å². The Kier molecular flexibility index (Phi) is 4.10. The van der Waals surface area contributed by atoms with Gasteiger partial charge in [-0.25, -0.2) is 0 Å². The summed E-state index contributed by atoms with van der Waals surface area (Å²) >= 11 is 0. The largest absolute Gasteiger partial charge is 0.481 e. The normalized spacial score (nSPS) is 28.7. The summed E-state index contributed by atoms with van der Waals surface area (Å²) in [4.78, 5) is 25.1. The average Bonchev–Trinajstić information content (AvgIpc) is 2.67. The minimum absolute atomic E-state index is 0.0469. The number of hydrogen-bond acceptors (Lipinski definition) is 3. The lowest BCUT2D eigenvalue weighted by atomic mass is 9.88. The molecular weight excluding hydrogens is 268 g/mol. The third-order valence-electron chi connectivity index (χ3n) is 4.94. The van der Waals surface area contributed by atoms with E-state index in [2.05, 4.69) is 4.90 Å². The number of carboxylic acids is 1. The summed E-state index contributed by atoms with van der Waals surface area (Å²) in [6, 6.07) is 6.25. The molecule has 114 valence electrons. The molecule has 2 saturated heterocycles. The van der Waals surface area contributed by atoms with Crippen LogP contribution in [0.15, 0.2) is 29.2 Å². The number of hydrogen-bond donors (Lipinski definition) is 1. The molecule has 2 aliphatic rings. The first-order valence-corrected chi connectivity index (χ1v) is 7.76. The van der Waals surface area contributed by atoms with E-state index in [1.54, 1.807) is 16.7 Å². The number of pyridine rings is 1. The van der Waals surface area contributed by atoms with Crippen LogP contribution >= 0.6 is 0 Å². The van der Waals surface area contributed by atoms with Crippen LogP contribution in [0.1, 0.15) is 32.1 Å². The highest BCUT2D eigenvalue weighted by Gasteiger charge is 2.40. The summed E-state index contributed by atoms with van der Waals surface area (Å²) in [5.41, 5.74) is 0.0469. The Hall–Kier alpha value is -1.62. The minimum atomic E-state index is -0.677. The van der Waals surface area contributed by atoms with Gasteiger partial charge in [0.25, 0.3) is 5.56 Å². The molecule has 2 bridgehead atoms. The van der Waals surface area contributed by atoms with Crippen LogP contribution in [0, 0.1) is 5.92 Å². The summed E-state index contributed by atoms with van der Waals surface area (Å²) in [5, 5.41) is 8.96. The van der Waals surface area contributed by atoms with Gasteiger partial charge in [-0.15, -0.1) is 0 Å². The van der Waals surface area contributed by atoms with Crippen molar-refractivity contribution < 1.29 is 9.90 Å². The molecule has 1 aromatic heterocycles. The van der Waals surface area contributed by atoms with E-state index in [9.17, 15) is 9.59 Å². The first kappa shape index (κ1) is 14.3. The van der Waals surface area contributed by atoms with Crippen LogP contribution in [0.2, 0.25) is 0 Å². The minimum Gasteiger partial charge on any atom is -0.481 e. The third-order valence-corrected chi connectivity index (χ3v) is 4.94. The molecule has 3 rings (SSSR count). The topological polar surface area (TPSA) is 62.5 Å². The lowest BCUT2D eigenvalue weighted by Gasteiger charge is -2.38. The fourth-order valence-corrected chi connectivity index (χ4v) is 4.03. The number of carbonyl (C=O) groups is 1. The van der Waals surface area contributed by atoms with E-state index >= 15 is 0 Å². The van der Waals surface area contributed by atoms with Gasteiger partial charge < -0.3 is 9.67 Å². The number of nitrogens with zero attached hydrogens (tertiary/aromatic N) is 2. The van der Waals surface area contributed by atoms with Gasteiger partial charge in [0.1, 0.15) is 0 Å². The zero-order valence-corrected chi connectivity index (χ0v) is 12.1. The van der Waals surface area contributed by atoms with Gasteiger partial charge in [-0.05, 0) is 37.7 Å². The van der Waals surface area contributed by atoms with E-state index in [4.69, 9.17) is 5.11 Å². The standard InChI is InChI=1S/C16H22N2O3/c19-15-3-1-2-6-17(15)7-8-18-13-4-5-14(18)10-12(9-13)11-16(20)21/h1-3,6,12-14H,4-5,7-11H2,(H,20,21). The summed E-state index contributed by atoms with van der Waals surface area (Å²) < 4.78 is 1.75. The smallest absolute Gasteiger partial charge is 0.303 e. The molecule has 2 fully saturated rings. The van der Waals surface area contributed by atoms with E-state index in [0.29, 0.717) is 24.4 Å². The van der Waals surface area contributed by atoms with Gasteiger partial charge >= 0.3 is 5.97 Å². The Morgan fingerprint density at radius 1 is 1.19 bits per heavy atom. The molecule has 1 aromatic rings. The number of rotatable bonds is 5. The van der Waals surface area contributed by atoms with E-state index < -0.39 is 5.97 Å². The Morgan fingerprint density at radius 3 is 2.52 bits per heavy atom. The zero-order chi connectivity index (χ0) is 14.8. The number of aliphatic carboxylic acids is 1. The van der Waals surface area contributed by atoms with Crippen molar-refractivity contribution in [1.29, 1.82) is 0 Å². The fourth-order valence-electron chi connectivity index (χ4n) is 4.03. The molecular formula is C16H22N2O3. The van der Waals surface area contributed by atoms with E-state index in [-0.39, 0.29) is 5.56 Å². The Labute approximate surface area is 124 Å². The van der Waals surface area contributed by atoms with E-state index in [1.165, 1.54) is 12.8 Å². The molecule has 0 saturated carbocycles. The van der Waals surface area contributed by atoms with Crippen molar-refractivity contribution >= 4 is 5.97 Å². The lowest BCUT2D eigenvalue weighted by Crippen LogP contribution is -2.45. The van der Waals surface area contributed by atoms with Crippen LogP contribution in [0.3, 0.4) is 0 Å². The summed E-state index contributed by atoms with van der Waals surface area (Å²) in [5.74, 6) is -0.348. The molecule has 0 radical (unpaired) electrons. The van der Waals surface area contributed by atoms with Crippen molar-refractivity contribution in [2.24, 2.45) is 5.92 Å². The molecule has 0 spiro atoms. The van der Waals surface area contributed by atoms with Crippen molar-refractivity contribution in [2.75, 3.05) is 6.54 Å². The van der Waals surface area contributed by atoms with Gasteiger partial charge in [0.15, 0.2) is 0 Å². The highest BCUT2D eigenvalue weighted by atomic mass is 16.4. The van der Waals surface area contributed by atoms with Crippen LogP contribution in [0.4, 0.5) is 0 Å². The molecule has 5 nitrogen and oxygen atoms in total. The van der Waals surface area contributed by atoms with Crippen molar-refractivity contribution in [1.82, 2.24) is 9.47 Å². The Balaban J connectivity index is 1.60. The second kappa shape index (κ2) is 6.02. The molecule has 2 aliphatic heterocycles. The molecule has 21 heavy (non-hydrogen) atoms. The lowest BCUT2D eigenvalue weighted by molar-refractivity contribution is -0.138. The Bertz CT molecular complexity index is 555. The van der Waals surface area contributed by atoms with Gasteiger partial charge in [0.05, 0.1) is 0 Å². The molecule has 3 heterocycles. The van der Waals surface area contributed by atoms with Crippen LogP contribution in [-0.2, 0) is 11.3 Å². The van der Waals surface area contributed by atoms with Gasteiger partial charge in [-0.2, -0.15) is 0 Å². The average molecular weight is 290 g/mol. The highest BCUT2D eigenvalue weighted by molar-refractivity contribution is 5.67. The van der Waals surface area contributed by atoms with Crippen molar-refractivity contribution in [3.05, 3.63) is 34.7 Å². The monoisotopic (exact) mass is 290 g/mol. The van der Waals surface area contributed by atoms with E-state index in [1.807, 2.05) is 12.3 Å². The summed E-state index contributed by atoms with van der Waals surface area (Å²) in [7, 11) is 0. The quantitative estimate of drug-likeness (QED) is 0.894. The number of aromatic nitrogens is 1. The molecule has 5 heteroatoms. The van der Waals surface area contributed by atoms with Gasteiger partial charge in [0.2, 0.25) is 0 Å². The van der Waals surface area contributed by atoms with Crippen molar-refractivity contribution in [3.8, 4) is 0 Å². The molecule has 0 aromatic carbocycles. The highest BCUT2D eigenvalue weighted by Crippen LogP contribution is 2.39. The Morgan fingerprint density at radius 2 is 1.90 bits per heavy atom. The van der Waals surface area contributed by atoms with Crippen molar-refractivity contribution in [2.45, 2.75) is 50.7 Å². The SMILES string of the molecule is O=C(O)CC1CC2CCC(C1)N2CCn1ccccc1=O. The maximum Gasteiger partial charge on any atom is 0.303 e. The van der Waals surface area contributed by atoms with Gasteiger partial charge in [-0.1, -0.05) is 6.07 Å². The molecule has 1 N–H and O–H groups in total. The fraction of sp³-hybridized carbons (Fsp3) is 0.625. The molecule has 0 aliphatic carbocycles. The first-order chi connectivity index (χ1) is 10.1. The molecule has 0 amide bonds.